The van der Waals surface area contributed by atoms with Crippen LogP contribution in [-0.2, 0) is 14.6 Å². The molecule has 1 N–H and O–H groups in total. The average molecular weight is 355 g/mol. The Morgan fingerprint density at radius 1 is 1.18 bits per heavy atom. The Balaban J connectivity index is 0.00000441. The van der Waals surface area contributed by atoms with Gasteiger partial charge in [0.1, 0.15) is 5.75 Å². The Hall–Kier alpha value is -0.330. The van der Waals surface area contributed by atoms with Gasteiger partial charge in [-0.3, -0.25) is 4.79 Å². The summed E-state index contributed by atoms with van der Waals surface area (Å²) in [5.41, 5.74) is 0. The zero-order valence-corrected chi connectivity index (χ0v) is 15.5. The minimum Gasteiger partial charge on any atom is -0.342 e. The Bertz CT molecular complexity index is 407. The predicted octanol–water partition coefficient (Wildman–Crippen LogP) is 1.86. The Kier molecular flexibility index (Phi) is 11.1. The van der Waals surface area contributed by atoms with E-state index in [0.29, 0.717) is 25.4 Å². The number of carbonyl (C=O) groups is 1. The van der Waals surface area contributed by atoms with Crippen LogP contribution in [0, 0.1) is 5.92 Å². The van der Waals surface area contributed by atoms with Crippen LogP contribution in [0.3, 0.4) is 0 Å². The zero-order chi connectivity index (χ0) is 15.7. The van der Waals surface area contributed by atoms with Crippen LogP contribution in [0.15, 0.2) is 0 Å². The number of halogens is 1. The summed E-state index contributed by atoms with van der Waals surface area (Å²) in [4.78, 5) is 13.8. The van der Waals surface area contributed by atoms with Crippen LogP contribution in [0.5, 0.6) is 0 Å². The quantitative estimate of drug-likeness (QED) is 0.642. The van der Waals surface area contributed by atoms with E-state index in [9.17, 15) is 13.2 Å². The molecule has 0 aliphatic carbocycles. The number of piperidine rings is 1. The fourth-order valence-electron chi connectivity index (χ4n) is 2.66. The van der Waals surface area contributed by atoms with E-state index in [1.807, 2.05) is 6.92 Å². The van der Waals surface area contributed by atoms with Crippen molar-refractivity contribution in [3.63, 3.8) is 0 Å². The van der Waals surface area contributed by atoms with Gasteiger partial charge in [-0.1, -0.05) is 26.7 Å². The Morgan fingerprint density at radius 2 is 1.82 bits per heavy atom. The first-order chi connectivity index (χ1) is 9.98. The Morgan fingerprint density at radius 3 is 2.36 bits per heavy atom. The van der Waals surface area contributed by atoms with Crippen LogP contribution >= 0.6 is 12.4 Å². The standard InChI is InChI=1S/C15H30N2O3S.ClH/c1-3-5-6-11-21(19,20)13-15(18)17-9-7-14(8-10-17)12-16-4-2;/h14,16H,3-13H2,1-2H3;1H. The van der Waals surface area contributed by atoms with Gasteiger partial charge in [0.25, 0.3) is 0 Å². The van der Waals surface area contributed by atoms with E-state index >= 15 is 0 Å². The molecule has 0 aromatic heterocycles. The number of nitrogens with one attached hydrogen (secondary N) is 1. The van der Waals surface area contributed by atoms with Crippen molar-refractivity contribution in [1.82, 2.24) is 10.2 Å². The number of likely N-dealkylation sites (tertiary alicyclic amines) is 1. The summed E-state index contributed by atoms with van der Waals surface area (Å²) in [6.07, 6.45) is 4.49. The fraction of sp³-hybridized carbons (Fsp3) is 0.933. The van der Waals surface area contributed by atoms with Crippen LogP contribution in [0.25, 0.3) is 0 Å². The van der Waals surface area contributed by atoms with Crippen molar-refractivity contribution in [2.45, 2.75) is 46.0 Å². The molecule has 22 heavy (non-hydrogen) atoms. The summed E-state index contributed by atoms with van der Waals surface area (Å²) >= 11 is 0. The van der Waals surface area contributed by atoms with Crippen molar-refractivity contribution in [3.05, 3.63) is 0 Å². The topological polar surface area (TPSA) is 66.5 Å². The molecule has 5 nitrogen and oxygen atoms in total. The summed E-state index contributed by atoms with van der Waals surface area (Å²) in [5, 5.41) is 3.33. The van der Waals surface area contributed by atoms with Crippen molar-refractivity contribution in [2.24, 2.45) is 5.92 Å². The summed E-state index contributed by atoms with van der Waals surface area (Å²) in [7, 11) is -3.23. The SMILES string of the molecule is CCCCCS(=O)(=O)CC(=O)N1CCC(CNCC)CC1.Cl. The van der Waals surface area contributed by atoms with E-state index in [0.717, 1.165) is 38.8 Å². The molecular formula is C15H31ClN2O3S. The molecule has 132 valence electrons. The normalized spacial score (nSPS) is 16.4. The van der Waals surface area contributed by atoms with Gasteiger partial charge in [-0.05, 0) is 38.3 Å². The molecule has 0 radical (unpaired) electrons. The summed E-state index contributed by atoms with van der Waals surface area (Å²) < 4.78 is 23.8. The lowest BCUT2D eigenvalue weighted by atomic mass is 9.97. The van der Waals surface area contributed by atoms with E-state index < -0.39 is 9.84 Å². The van der Waals surface area contributed by atoms with Gasteiger partial charge in [-0.25, -0.2) is 8.42 Å². The maximum Gasteiger partial charge on any atom is 0.237 e. The molecule has 1 aliphatic heterocycles. The fourth-order valence-corrected chi connectivity index (χ4v) is 4.01. The third kappa shape index (κ3) is 8.34. The average Bonchev–Trinajstić information content (AvgIpc) is 2.45. The van der Waals surface area contributed by atoms with Gasteiger partial charge in [0.05, 0.1) is 5.75 Å². The molecule has 1 saturated heterocycles. The first-order valence-corrected chi connectivity index (χ1v) is 9.99. The number of carbonyl (C=O) groups excluding carboxylic acids is 1. The van der Waals surface area contributed by atoms with Gasteiger partial charge in [0, 0.05) is 13.1 Å². The molecule has 1 amide bonds. The third-order valence-electron chi connectivity index (χ3n) is 4.05. The number of unbranched alkanes of at least 4 members (excludes halogenated alkanes) is 2. The van der Waals surface area contributed by atoms with Gasteiger partial charge < -0.3 is 10.2 Å². The van der Waals surface area contributed by atoms with Crippen molar-refractivity contribution in [1.29, 1.82) is 0 Å². The second kappa shape index (κ2) is 11.2. The first-order valence-electron chi connectivity index (χ1n) is 8.17. The lowest BCUT2D eigenvalue weighted by molar-refractivity contribution is -0.129. The van der Waals surface area contributed by atoms with Gasteiger partial charge in [-0.15, -0.1) is 12.4 Å². The molecule has 0 bridgehead atoms. The van der Waals surface area contributed by atoms with Crippen LogP contribution in [0.4, 0.5) is 0 Å². The number of sulfone groups is 1. The largest absolute Gasteiger partial charge is 0.342 e. The van der Waals surface area contributed by atoms with Crippen LogP contribution < -0.4 is 5.32 Å². The smallest absolute Gasteiger partial charge is 0.237 e. The number of amides is 1. The summed E-state index contributed by atoms with van der Waals surface area (Å²) in [5.74, 6) is 0.224. The summed E-state index contributed by atoms with van der Waals surface area (Å²) in [6.45, 7) is 7.47. The van der Waals surface area contributed by atoms with E-state index in [1.165, 1.54) is 0 Å². The molecule has 0 aromatic carbocycles. The first kappa shape index (κ1) is 21.7. The second-order valence-corrected chi connectivity index (χ2v) is 8.12. The lowest BCUT2D eigenvalue weighted by Gasteiger charge is -2.32. The third-order valence-corrected chi connectivity index (χ3v) is 5.65. The molecule has 1 heterocycles. The molecule has 1 fully saturated rings. The molecule has 0 atom stereocenters. The highest BCUT2D eigenvalue weighted by Gasteiger charge is 2.25. The molecule has 1 aliphatic rings. The number of hydrogen-bond donors (Lipinski definition) is 1. The van der Waals surface area contributed by atoms with Crippen molar-refractivity contribution in [3.8, 4) is 0 Å². The maximum atomic E-state index is 12.1. The van der Waals surface area contributed by atoms with Crippen LogP contribution in [0.1, 0.15) is 46.0 Å². The van der Waals surface area contributed by atoms with Crippen LogP contribution in [0.2, 0.25) is 0 Å². The van der Waals surface area contributed by atoms with E-state index in [4.69, 9.17) is 0 Å². The van der Waals surface area contributed by atoms with Gasteiger partial charge >= 0.3 is 0 Å². The van der Waals surface area contributed by atoms with Crippen molar-refractivity contribution >= 4 is 28.2 Å². The molecule has 1 rings (SSSR count). The van der Waals surface area contributed by atoms with Gasteiger partial charge in [0.15, 0.2) is 9.84 Å². The number of rotatable bonds is 9. The second-order valence-electron chi connectivity index (χ2n) is 5.93. The summed E-state index contributed by atoms with van der Waals surface area (Å²) in [6, 6.07) is 0. The number of hydrogen-bond acceptors (Lipinski definition) is 4. The van der Waals surface area contributed by atoms with E-state index in [-0.39, 0.29) is 29.8 Å². The van der Waals surface area contributed by atoms with Crippen molar-refractivity contribution < 1.29 is 13.2 Å². The minimum atomic E-state index is -3.23. The van der Waals surface area contributed by atoms with Crippen molar-refractivity contribution in [2.75, 3.05) is 37.7 Å². The minimum absolute atomic E-state index is 0. The molecule has 0 spiro atoms. The zero-order valence-electron chi connectivity index (χ0n) is 13.8. The highest BCUT2D eigenvalue weighted by atomic mass is 35.5. The van der Waals surface area contributed by atoms with Gasteiger partial charge in [-0.2, -0.15) is 0 Å². The van der Waals surface area contributed by atoms with E-state index in [1.54, 1.807) is 4.90 Å². The predicted molar refractivity (Wildman–Crippen MR) is 93.3 cm³/mol. The van der Waals surface area contributed by atoms with Gasteiger partial charge in [0.2, 0.25) is 5.91 Å². The number of nitrogens with zero attached hydrogens (tertiary/aromatic N) is 1. The molecule has 0 unspecified atom stereocenters. The lowest BCUT2D eigenvalue weighted by Crippen LogP contribution is -2.43. The molecular weight excluding hydrogens is 324 g/mol. The maximum absolute atomic E-state index is 12.1. The molecule has 7 heteroatoms. The molecule has 0 aromatic rings. The highest BCUT2D eigenvalue weighted by molar-refractivity contribution is 7.92. The highest BCUT2D eigenvalue weighted by Crippen LogP contribution is 2.17. The van der Waals surface area contributed by atoms with Crippen LogP contribution in [-0.4, -0.2) is 56.9 Å². The van der Waals surface area contributed by atoms with E-state index in [2.05, 4.69) is 12.2 Å². The molecule has 0 saturated carbocycles. The Labute approximate surface area is 141 Å². The monoisotopic (exact) mass is 354 g/mol.